The zero-order valence-corrected chi connectivity index (χ0v) is 38.7. The number of phosphoric acid groups is 1. The van der Waals surface area contributed by atoms with E-state index >= 15 is 0 Å². The Morgan fingerprint density at radius 1 is 0.581 bits per heavy atom. The Morgan fingerprint density at radius 3 is 1.63 bits per heavy atom. The van der Waals surface area contributed by atoms with Crippen LogP contribution in [0.3, 0.4) is 0 Å². The molecule has 0 bridgehead atoms. The first-order chi connectivity index (χ1) is 29.8. The van der Waals surface area contributed by atoms with Gasteiger partial charge in [-0.25, -0.2) is 4.57 Å². The van der Waals surface area contributed by atoms with Gasteiger partial charge in [-0.2, -0.15) is 0 Å². The minimum Gasteiger partial charge on any atom is -0.462 e. The number of carbonyl (C=O) groups is 2. The summed E-state index contributed by atoms with van der Waals surface area (Å²) in [6.45, 7) is 3.12. The fourth-order valence-corrected chi connectivity index (χ4v) is 7.85. The van der Waals surface area contributed by atoms with E-state index in [1.165, 1.54) is 77.0 Å². The molecule has 0 heterocycles. The number of unbranched alkanes of at least 4 members (excludes halogenated alkanes) is 17. The number of phosphoric ester groups is 1. The lowest BCUT2D eigenvalue weighted by Crippen LogP contribution is -2.64. The molecule has 0 saturated heterocycles. The van der Waals surface area contributed by atoms with Gasteiger partial charge in [0.15, 0.2) is 6.10 Å². The monoisotopic (exact) mass is 903 g/mol. The van der Waals surface area contributed by atoms with Gasteiger partial charge in [0.05, 0.1) is 12.7 Å². The van der Waals surface area contributed by atoms with Gasteiger partial charge in [-0.15, -0.1) is 0 Å². The van der Waals surface area contributed by atoms with Gasteiger partial charge in [0, 0.05) is 12.8 Å². The fraction of sp³-hybridized carbons (Fsp3) is 0.787. The lowest BCUT2D eigenvalue weighted by atomic mass is 9.85. The summed E-state index contributed by atoms with van der Waals surface area (Å²) in [4.78, 5) is 35.7. The van der Waals surface area contributed by atoms with Crippen molar-refractivity contribution < 1.29 is 68.2 Å². The van der Waals surface area contributed by atoms with Crippen molar-refractivity contribution in [1.82, 2.24) is 0 Å². The zero-order chi connectivity index (χ0) is 45.9. The van der Waals surface area contributed by atoms with E-state index in [4.69, 9.17) is 18.5 Å². The number of ether oxygens (including phenoxy) is 2. The van der Waals surface area contributed by atoms with Crippen molar-refractivity contribution in [3.8, 4) is 0 Å². The SMILES string of the molecule is CCCCCCCC/C=C\CCCCCCCC(=O)OC[C@H](COP(=O)(O)OC1[C@H](O)[C@H](O)C(O)[C@H](O)[C@H]1O)OC(=O)CCCC(O)/C=C/C=C/C/C=C/CCCCCCCC. The number of rotatable bonds is 38. The van der Waals surface area contributed by atoms with Crippen molar-refractivity contribution in [3.05, 3.63) is 48.6 Å². The van der Waals surface area contributed by atoms with Crippen molar-refractivity contribution >= 4 is 19.8 Å². The highest BCUT2D eigenvalue weighted by molar-refractivity contribution is 7.47. The number of aliphatic hydroxyl groups is 6. The molecule has 1 fully saturated rings. The lowest BCUT2D eigenvalue weighted by molar-refractivity contribution is -0.220. The van der Waals surface area contributed by atoms with E-state index in [9.17, 15) is 49.7 Å². The van der Waals surface area contributed by atoms with Crippen LogP contribution in [0.1, 0.15) is 174 Å². The molecule has 0 aromatic carbocycles. The maximum Gasteiger partial charge on any atom is 0.472 e. The Balaban J connectivity index is 2.55. The minimum atomic E-state index is -5.17. The normalized spacial score (nSPS) is 22.8. The number of allylic oxidation sites excluding steroid dienone is 7. The molecule has 14 nitrogen and oxygen atoms in total. The molecule has 1 rings (SSSR count). The standard InChI is InChI=1S/C47H83O14P/c1-3-5-7-9-11-13-15-17-18-20-22-24-26-28-30-34-40(49)58-36-39(37-59-62(56,57)61-47-45(54)43(52)42(51)44(53)46(47)55)60-41(50)35-31-33-38(48)32-29-27-25-23-21-19-16-14-12-10-8-6-4-2/h17-19,21,25,27,29,32,38-39,42-48,51-55H,3-16,20,22-24,26,28,30-31,33-37H2,1-2H3,(H,56,57)/b18-17-,21-19+,27-25+,32-29+/t38?,39-,42?,43-,44+,45-,46-,47?/m1/s1. The molecule has 0 aromatic rings. The third-order valence-electron chi connectivity index (χ3n) is 10.7. The second kappa shape index (κ2) is 37.0. The summed E-state index contributed by atoms with van der Waals surface area (Å²) in [6.07, 6.45) is 26.1. The summed E-state index contributed by atoms with van der Waals surface area (Å²) in [7, 11) is -5.17. The Bertz CT molecular complexity index is 1290. The maximum atomic E-state index is 12.8. The van der Waals surface area contributed by atoms with Crippen LogP contribution in [0.15, 0.2) is 48.6 Å². The van der Waals surface area contributed by atoms with Crippen LogP contribution in [0.4, 0.5) is 0 Å². The largest absolute Gasteiger partial charge is 0.472 e. The van der Waals surface area contributed by atoms with Gasteiger partial charge in [0.1, 0.15) is 43.2 Å². The highest BCUT2D eigenvalue weighted by atomic mass is 31.2. The molecule has 7 N–H and O–H groups in total. The second-order valence-electron chi connectivity index (χ2n) is 16.5. The van der Waals surface area contributed by atoms with Crippen molar-refractivity contribution in [2.75, 3.05) is 13.2 Å². The van der Waals surface area contributed by atoms with E-state index in [0.29, 0.717) is 6.42 Å². The summed E-state index contributed by atoms with van der Waals surface area (Å²) < 4.78 is 33.4. The predicted molar refractivity (Wildman–Crippen MR) is 241 cm³/mol. The first-order valence-corrected chi connectivity index (χ1v) is 25.0. The molecule has 0 amide bonds. The molecule has 9 atom stereocenters. The van der Waals surface area contributed by atoms with Crippen LogP contribution >= 0.6 is 7.82 Å². The summed E-state index contributed by atoms with van der Waals surface area (Å²) in [6, 6.07) is 0. The predicted octanol–water partition coefficient (Wildman–Crippen LogP) is 8.14. The van der Waals surface area contributed by atoms with Crippen LogP contribution in [0, 0.1) is 0 Å². The van der Waals surface area contributed by atoms with Gasteiger partial charge in [-0.1, -0.05) is 146 Å². The van der Waals surface area contributed by atoms with Crippen LogP contribution in [-0.4, -0.2) is 110 Å². The molecule has 1 saturated carbocycles. The van der Waals surface area contributed by atoms with Gasteiger partial charge in [0.25, 0.3) is 0 Å². The molecule has 360 valence electrons. The molecule has 62 heavy (non-hydrogen) atoms. The zero-order valence-electron chi connectivity index (χ0n) is 37.8. The van der Waals surface area contributed by atoms with E-state index < -0.39 is 81.8 Å². The summed E-state index contributed by atoms with van der Waals surface area (Å²) in [5.74, 6) is -1.31. The Labute approximate surface area is 372 Å². The maximum absolute atomic E-state index is 12.8. The molecule has 15 heteroatoms. The van der Waals surface area contributed by atoms with Crippen LogP contribution in [0.5, 0.6) is 0 Å². The van der Waals surface area contributed by atoms with Gasteiger partial charge in [-0.3, -0.25) is 18.6 Å². The number of aliphatic hydroxyl groups excluding tert-OH is 6. The molecule has 4 unspecified atom stereocenters. The van der Waals surface area contributed by atoms with Crippen molar-refractivity contribution in [2.24, 2.45) is 0 Å². The number of hydrogen-bond donors (Lipinski definition) is 7. The van der Waals surface area contributed by atoms with E-state index in [1.54, 1.807) is 12.2 Å². The molecular weight excluding hydrogens is 819 g/mol. The van der Waals surface area contributed by atoms with Gasteiger partial charge >= 0.3 is 19.8 Å². The van der Waals surface area contributed by atoms with E-state index in [-0.39, 0.29) is 25.7 Å². The highest BCUT2D eigenvalue weighted by Gasteiger charge is 2.51. The van der Waals surface area contributed by atoms with E-state index in [0.717, 1.165) is 51.4 Å². The Morgan fingerprint density at radius 2 is 1.06 bits per heavy atom. The average molecular weight is 903 g/mol. The number of carbonyl (C=O) groups excluding carboxylic acids is 2. The van der Waals surface area contributed by atoms with Crippen molar-refractivity contribution in [2.45, 2.75) is 223 Å². The molecular formula is C47H83O14P. The number of hydrogen-bond acceptors (Lipinski definition) is 13. The van der Waals surface area contributed by atoms with Crippen molar-refractivity contribution in [1.29, 1.82) is 0 Å². The van der Waals surface area contributed by atoms with Crippen LogP contribution in [0.25, 0.3) is 0 Å². The molecule has 0 aliphatic heterocycles. The third-order valence-corrected chi connectivity index (χ3v) is 11.7. The fourth-order valence-electron chi connectivity index (χ4n) is 6.88. The summed E-state index contributed by atoms with van der Waals surface area (Å²) in [5, 5.41) is 60.5. The molecule has 0 aromatic heterocycles. The number of esters is 2. The minimum absolute atomic E-state index is 0.117. The molecule has 0 radical (unpaired) electrons. The first kappa shape index (κ1) is 57.8. The smallest absolute Gasteiger partial charge is 0.462 e. The summed E-state index contributed by atoms with van der Waals surface area (Å²) in [5.41, 5.74) is 0. The second-order valence-corrected chi connectivity index (χ2v) is 17.9. The van der Waals surface area contributed by atoms with Crippen molar-refractivity contribution in [3.63, 3.8) is 0 Å². The van der Waals surface area contributed by atoms with E-state index in [2.05, 4.69) is 38.2 Å². The Kier molecular flexibility index (Phi) is 34.5. The average Bonchev–Trinajstić information content (AvgIpc) is 3.25. The lowest BCUT2D eigenvalue weighted by Gasteiger charge is -2.41. The Hall–Kier alpha value is -2.23. The van der Waals surface area contributed by atoms with Crippen LogP contribution < -0.4 is 0 Å². The van der Waals surface area contributed by atoms with Gasteiger partial charge in [0.2, 0.25) is 0 Å². The topological polar surface area (TPSA) is 230 Å². The first-order valence-electron chi connectivity index (χ1n) is 23.5. The van der Waals surface area contributed by atoms with Gasteiger partial charge < -0.3 is 45.0 Å². The highest BCUT2D eigenvalue weighted by Crippen LogP contribution is 2.47. The summed E-state index contributed by atoms with van der Waals surface area (Å²) >= 11 is 0. The van der Waals surface area contributed by atoms with E-state index in [1.807, 2.05) is 12.2 Å². The molecule has 1 aliphatic rings. The quantitative estimate of drug-likeness (QED) is 0.0102. The van der Waals surface area contributed by atoms with Gasteiger partial charge in [-0.05, 0) is 64.2 Å². The molecule has 1 aliphatic carbocycles. The van der Waals surface area contributed by atoms with Crippen LogP contribution in [0.2, 0.25) is 0 Å². The molecule has 0 spiro atoms. The van der Waals surface area contributed by atoms with Crippen LogP contribution in [-0.2, 0) is 32.7 Å². The third kappa shape index (κ3) is 29.3.